The Kier molecular flexibility index (Phi) is 2.38. The van der Waals surface area contributed by atoms with Gasteiger partial charge in [-0.05, 0) is 24.8 Å². The fourth-order valence-electron chi connectivity index (χ4n) is 2.03. The van der Waals surface area contributed by atoms with Crippen LogP contribution in [0.2, 0.25) is 0 Å². The molecule has 0 aliphatic heterocycles. The Morgan fingerprint density at radius 1 is 1.14 bits per heavy atom. The zero-order valence-electron chi connectivity index (χ0n) is 8.07. The maximum Gasteiger partial charge on any atom is 0.168 e. The highest BCUT2D eigenvalue weighted by Crippen LogP contribution is 2.33. The van der Waals surface area contributed by atoms with Crippen LogP contribution >= 0.6 is 0 Å². The summed E-state index contributed by atoms with van der Waals surface area (Å²) in [7, 11) is 0. The maximum absolute atomic E-state index is 11.7. The number of Topliss-reactive ketones (excluding diaryl/α,β-unsaturated/α-hetero) is 1. The average molecular weight is 190 g/mol. The molecule has 1 fully saturated rings. The zero-order chi connectivity index (χ0) is 10.0. The highest BCUT2D eigenvalue weighted by Gasteiger charge is 2.38. The molecular weight excluding hydrogens is 176 g/mol. The molecule has 1 atom stereocenters. The van der Waals surface area contributed by atoms with Crippen LogP contribution in [0.5, 0.6) is 0 Å². The van der Waals surface area contributed by atoms with Crippen molar-refractivity contribution in [3.8, 4) is 0 Å². The number of carbonyl (C=O) groups excluding carboxylic acids is 1. The predicted octanol–water partition coefficient (Wildman–Crippen LogP) is 2.02. The Bertz CT molecular complexity index is 331. The minimum absolute atomic E-state index is 0.0325. The summed E-state index contributed by atoms with van der Waals surface area (Å²) in [6, 6.07) is 9.25. The van der Waals surface area contributed by atoms with Crippen molar-refractivity contribution in [1.29, 1.82) is 0 Å². The van der Waals surface area contributed by atoms with Crippen LogP contribution in [-0.2, 0) is 10.4 Å². The zero-order valence-corrected chi connectivity index (χ0v) is 8.07. The van der Waals surface area contributed by atoms with Crippen LogP contribution < -0.4 is 0 Å². The van der Waals surface area contributed by atoms with Crippen LogP contribution in [0.15, 0.2) is 30.3 Å². The summed E-state index contributed by atoms with van der Waals surface area (Å²) < 4.78 is 0. The van der Waals surface area contributed by atoms with Crippen LogP contribution in [0.3, 0.4) is 0 Å². The topological polar surface area (TPSA) is 37.3 Å². The van der Waals surface area contributed by atoms with Gasteiger partial charge in [-0.15, -0.1) is 0 Å². The van der Waals surface area contributed by atoms with Gasteiger partial charge < -0.3 is 5.11 Å². The number of hydrogen-bond acceptors (Lipinski definition) is 2. The van der Waals surface area contributed by atoms with Gasteiger partial charge in [-0.2, -0.15) is 0 Å². The minimum Gasteiger partial charge on any atom is -0.377 e. The van der Waals surface area contributed by atoms with E-state index in [-0.39, 0.29) is 5.78 Å². The van der Waals surface area contributed by atoms with Gasteiger partial charge in [0.15, 0.2) is 5.78 Å². The molecule has 0 spiro atoms. The van der Waals surface area contributed by atoms with Gasteiger partial charge in [0.05, 0.1) is 0 Å². The van der Waals surface area contributed by atoms with E-state index in [1.807, 2.05) is 30.3 Å². The lowest BCUT2D eigenvalue weighted by atomic mass is 9.79. The van der Waals surface area contributed by atoms with Crippen molar-refractivity contribution in [2.24, 2.45) is 0 Å². The number of rotatable bonds is 1. The van der Waals surface area contributed by atoms with E-state index in [0.29, 0.717) is 12.8 Å². The van der Waals surface area contributed by atoms with Gasteiger partial charge in [0.1, 0.15) is 5.60 Å². The number of hydrogen-bond donors (Lipinski definition) is 1. The predicted molar refractivity (Wildman–Crippen MR) is 53.8 cm³/mol. The molecule has 14 heavy (non-hydrogen) atoms. The fourth-order valence-corrected chi connectivity index (χ4v) is 2.03. The van der Waals surface area contributed by atoms with Crippen LogP contribution in [-0.4, -0.2) is 10.9 Å². The minimum atomic E-state index is -1.21. The third kappa shape index (κ3) is 1.46. The molecule has 1 saturated carbocycles. The molecule has 1 aromatic rings. The van der Waals surface area contributed by atoms with Gasteiger partial charge in [0.2, 0.25) is 0 Å². The van der Waals surface area contributed by atoms with E-state index in [9.17, 15) is 9.90 Å². The summed E-state index contributed by atoms with van der Waals surface area (Å²) in [6.45, 7) is 0. The van der Waals surface area contributed by atoms with Gasteiger partial charge in [-0.25, -0.2) is 0 Å². The van der Waals surface area contributed by atoms with Gasteiger partial charge in [0.25, 0.3) is 0 Å². The number of carbonyl (C=O) groups is 1. The first-order chi connectivity index (χ1) is 6.73. The molecule has 0 amide bonds. The Hall–Kier alpha value is -1.15. The summed E-state index contributed by atoms with van der Waals surface area (Å²) >= 11 is 0. The Morgan fingerprint density at radius 3 is 2.50 bits per heavy atom. The molecule has 0 heterocycles. The molecule has 1 N–H and O–H groups in total. The molecule has 1 aliphatic carbocycles. The normalized spacial score (nSPS) is 27.6. The molecule has 0 radical (unpaired) electrons. The molecule has 74 valence electrons. The SMILES string of the molecule is O=C1CCCC[C@]1(O)c1ccccc1. The van der Waals surface area contributed by atoms with Crippen molar-refractivity contribution in [3.63, 3.8) is 0 Å². The Morgan fingerprint density at radius 2 is 1.86 bits per heavy atom. The molecule has 1 aromatic carbocycles. The van der Waals surface area contributed by atoms with E-state index in [2.05, 4.69) is 0 Å². The van der Waals surface area contributed by atoms with Crippen LogP contribution in [0.4, 0.5) is 0 Å². The summed E-state index contributed by atoms with van der Waals surface area (Å²) in [5.41, 5.74) is -0.468. The molecule has 0 unspecified atom stereocenters. The Balaban J connectivity index is 2.35. The lowest BCUT2D eigenvalue weighted by Gasteiger charge is -2.30. The Labute approximate surface area is 83.6 Å². The smallest absolute Gasteiger partial charge is 0.168 e. The molecule has 0 bridgehead atoms. The van der Waals surface area contributed by atoms with E-state index < -0.39 is 5.60 Å². The standard InChI is InChI=1S/C12H14O2/c13-11-8-4-5-9-12(11,14)10-6-2-1-3-7-10/h1-3,6-7,14H,4-5,8-9H2/t12-/m0/s1. The first kappa shape index (κ1) is 9.41. The molecule has 2 nitrogen and oxygen atoms in total. The van der Waals surface area contributed by atoms with Crippen molar-refractivity contribution >= 4 is 5.78 Å². The second-order valence-electron chi connectivity index (χ2n) is 3.86. The van der Waals surface area contributed by atoms with Crippen molar-refractivity contribution in [1.82, 2.24) is 0 Å². The first-order valence-corrected chi connectivity index (χ1v) is 5.05. The van der Waals surface area contributed by atoms with E-state index in [0.717, 1.165) is 18.4 Å². The summed E-state index contributed by atoms with van der Waals surface area (Å²) in [4.78, 5) is 11.7. The quantitative estimate of drug-likeness (QED) is 0.735. The molecule has 2 rings (SSSR count). The van der Waals surface area contributed by atoms with E-state index in [1.54, 1.807) is 0 Å². The fraction of sp³-hybridized carbons (Fsp3) is 0.417. The monoisotopic (exact) mass is 190 g/mol. The largest absolute Gasteiger partial charge is 0.377 e. The lowest BCUT2D eigenvalue weighted by Crippen LogP contribution is -2.38. The van der Waals surface area contributed by atoms with Gasteiger partial charge in [0, 0.05) is 6.42 Å². The molecule has 0 aromatic heterocycles. The molecular formula is C12H14O2. The van der Waals surface area contributed by atoms with Crippen LogP contribution in [0.1, 0.15) is 31.2 Å². The third-order valence-electron chi connectivity index (χ3n) is 2.91. The summed E-state index contributed by atoms with van der Waals surface area (Å²) in [5, 5.41) is 10.3. The maximum atomic E-state index is 11.7. The lowest BCUT2D eigenvalue weighted by molar-refractivity contribution is -0.142. The van der Waals surface area contributed by atoms with Gasteiger partial charge >= 0.3 is 0 Å². The third-order valence-corrected chi connectivity index (χ3v) is 2.91. The van der Waals surface area contributed by atoms with Gasteiger partial charge in [-0.1, -0.05) is 30.3 Å². The van der Waals surface area contributed by atoms with E-state index >= 15 is 0 Å². The number of aliphatic hydroxyl groups is 1. The van der Waals surface area contributed by atoms with Crippen LogP contribution in [0.25, 0.3) is 0 Å². The number of benzene rings is 1. The second-order valence-corrected chi connectivity index (χ2v) is 3.86. The molecule has 1 aliphatic rings. The van der Waals surface area contributed by atoms with Crippen molar-refractivity contribution in [3.05, 3.63) is 35.9 Å². The van der Waals surface area contributed by atoms with E-state index in [4.69, 9.17) is 0 Å². The van der Waals surface area contributed by atoms with E-state index in [1.165, 1.54) is 0 Å². The molecule has 2 heteroatoms. The average Bonchev–Trinajstić information content (AvgIpc) is 2.24. The highest BCUT2D eigenvalue weighted by atomic mass is 16.3. The second kappa shape index (κ2) is 3.54. The summed E-state index contributed by atoms with van der Waals surface area (Å²) in [6.07, 6.45) is 2.91. The van der Waals surface area contributed by atoms with Crippen molar-refractivity contribution in [2.75, 3.05) is 0 Å². The highest BCUT2D eigenvalue weighted by molar-refractivity contribution is 5.88. The van der Waals surface area contributed by atoms with Crippen LogP contribution in [0, 0.1) is 0 Å². The number of ketones is 1. The van der Waals surface area contributed by atoms with Gasteiger partial charge in [-0.3, -0.25) is 4.79 Å². The van der Waals surface area contributed by atoms with Crippen molar-refractivity contribution < 1.29 is 9.90 Å². The molecule has 0 saturated heterocycles. The van der Waals surface area contributed by atoms with Crippen molar-refractivity contribution in [2.45, 2.75) is 31.3 Å². The first-order valence-electron chi connectivity index (χ1n) is 5.05. The summed E-state index contributed by atoms with van der Waals surface area (Å²) in [5.74, 6) is -0.0325.